The zero-order valence-electron chi connectivity index (χ0n) is 11.7. The first-order chi connectivity index (χ1) is 10.7. The number of nitrogens with zero attached hydrogens (tertiary/aromatic N) is 1. The fraction of sp³-hybridized carbons (Fsp3) is 0.0588. The Balaban J connectivity index is 2.34. The van der Waals surface area contributed by atoms with E-state index in [0.717, 1.165) is 0 Å². The van der Waals surface area contributed by atoms with Gasteiger partial charge in [0.05, 0.1) is 12.7 Å². The van der Waals surface area contributed by atoms with Crippen LogP contribution in [0.2, 0.25) is 0 Å². The third-order valence-corrected chi connectivity index (χ3v) is 3.48. The minimum Gasteiger partial charge on any atom is -0.507 e. The van der Waals surface area contributed by atoms with E-state index in [-0.39, 0.29) is 11.3 Å². The number of carbonyl (C=O) groups is 1. The SMILES string of the molecule is COc1ncc(-c2ccc(F)c(C=O)c2)c2c(O)cccc12. The van der Waals surface area contributed by atoms with Gasteiger partial charge in [0.2, 0.25) is 5.88 Å². The second-order valence-corrected chi connectivity index (χ2v) is 4.73. The van der Waals surface area contributed by atoms with Crippen molar-refractivity contribution in [2.24, 2.45) is 0 Å². The minimum atomic E-state index is -0.589. The highest BCUT2D eigenvalue weighted by atomic mass is 19.1. The van der Waals surface area contributed by atoms with Crippen LogP contribution >= 0.6 is 0 Å². The Morgan fingerprint density at radius 2 is 2.09 bits per heavy atom. The Kier molecular flexibility index (Phi) is 3.47. The number of hydrogen-bond donors (Lipinski definition) is 1. The molecule has 2 aromatic carbocycles. The van der Waals surface area contributed by atoms with Crippen molar-refractivity contribution >= 4 is 17.1 Å². The van der Waals surface area contributed by atoms with Crippen LogP contribution in [0.25, 0.3) is 21.9 Å². The highest BCUT2D eigenvalue weighted by Gasteiger charge is 2.14. The number of hydrogen-bond acceptors (Lipinski definition) is 4. The molecule has 0 saturated heterocycles. The Morgan fingerprint density at radius 3 is 2.82 bits per heavy atom. The topological polar surface area (TPSA) is 59.4 Å². The molecule has 0 fully saturated rings. The molecule has 1 N–H and O–H groups in total. The monoisotopic (exact) mass is 297 g/mol. The molecule has 0 aliphatic carbocycles. The fourth-order valence-electron chi connectivity index (χ4n) is 2.44. The van der Waals surface area contributed by atoms with Gasteiger partial charge in [-0.05, 0) is 29.8 Å². The number of aromatic nitrogens is 1. The summed E-state index contributed by atoms with van der Waals surface area (Å²) in [5, 5.41) is 11.4. The van der Waals surface area contributed by atoms with Gasteiger partial charge in [0.1, 0.15) is 11.6 Å². The smallest absolute Gasteiger partial charge is 0.221 e. The van der Waals surface area contributed by atoms with E-state index in [0.29, 0.717) is 34.1 Å². The van der Waals surface area contributed by atoms with E-state index in [1.807, 2.05) is 0 Å². The zero-order valence-corrected chi connectivity index (χ0v) is 11.7. The molecule has 0 atom stereocenters. The Labute approximate surface area is 125 Å². The maximum atomic E-state index is 13.5. The van der Waals surface area contributed by atoms with Crippen molar-refractivity contribution in [3.8, 4) is 22.8 Å². The van der Waals surface area contributed by atoms with E-state index in [1.165, 1.54) is 31.5 Å². The van der Waals surface area contributed by atoms with E-state index >= 15 is 0 Å². The normalized spacial score (nSPS) is 10.6. The molecule has 0 radical (unpaired) electrons. The lowest BCUT2D eigenvalue weighted by molar-refractivity contribution is 0.112. The number of phenols is 1. The number of carbonyl (C=O) groups excluding carboxylic acids is 1. The van der Waals surface area contributed by atoms with Crippen molar-refractivity contribution in [1.29, 1.82) is 0 Å². The second kappa shape index (κ2) is 5.44. The lowest BCUT2D eigenvalue weighted by Crippen LogP contribution is -1.93. The molecule has 0 amide bonds. The number of benzene rings is 2. The van der Waals surface area contributed by atoms with E-state index in [1.54, 1.807) is 18.2 Å². The zero-order chi connectivity index (χ0) is 15.7. The number of pyridine rings is 1. The van der Waals surface area contributed by atoms with Crippen LogP contribution in [-0.2, 0) is 0 Å². The highest BCUT2D eigenvalue weighted by molar-refractivity contribution is 6.03. The predicted octanol–water partition coefficient (Wildman–Crippen LogP) is 3.57. The summed E-state index contributed by atoms with van der Waals surface area (Å²) in [7, 11) is 1.49. The average Bonchev–Trinajstić information content (AvgIpc) is 2.55. The molecule has 4 nitrogen and oxygen atoms in total. The number of halogens is 1. The van der Waals surface area contributed by atoms with Crippen molar-refractivity contribution in [3.05, 3.63) is 54.0 Å². The number of aldehydes is 1. The quantitative estimate of drug-likeness (QED) is 0.751. The summed E-state index contributed by atoms with van der Waals surface area (Å²) in [5.74, 6) is -0.147. The van der Waals surface area contributed by atoms with Crippen LogP contribution in [-0.4, -0.2) is 23.5 Å². The molecular weight excluding hydrogens is 285 g/mol. The first-order valence-corrected chi connectivity index (χ1v) is 6.55. The van der Waals surface area contributed by atoms with Crippen LogP contribution in [0.3, 0.4) is 0 Å². The van der Waals surface area contributed by atoms with Gasteiger partial charge in [-0.3, -0.25) is 4.79 Å². The molecule has 0 spiro atoms. The average molecular weight is 297 g/mol. The summed E-state index contributed by atoms with van der Waals surface area (Å²) in [5.41, 5.74) is 1.14. The first-order valence-electron chi connectivity index (χ1n) is 6.55. The summed E-state index contributed by atoms with van der Waals surface area (Å²) >= 11 is 0. The van der Waals surface area contributed by atoms with Crippen molar-refractivity contribution < 1.29 is 19.0 Å². The number of fused-ring (bicyclic) bond motifs is 1. The molecule has 0 aliphatic rings. The van der Waals surface area contributed by atoms with Crippen LogP contribution < -0.4 is 4.74 Å². The Hall–Kier alpha value is -2.95. The molecular formula is C17H12FNO3. The highest BCUT2D eigenvalue weighted by Crippen LogP contribution is 2.38. The lowest BCUT2D eigenvalue weighted by Gasteiger charge is -2.11. The number of aromatic hydroxyl groups is 1. The fourth-order valence-corrected chi connectivity index (χ4v) is 2.44. The van der Waals surface area contributed by atoms with Gasteiger partial charge in [0.15, 0.2) is 6.29 Å². The van der Waals surface area contributed by atoms with Gasteiger partial charge >= 0.3 is 0 Å². The maximum Gasteiger partial charge on any atom is 0.221 e. The van der Waals surface area contributed by atoms with Gasteiger partial charge in [-0.1, -0.05) is 12.1 Å². The largest absolute Gasteiger partial charge is 0.507 e. The van der Waals surface area contributed by atoms with Crippen LogP contribution in [0.1, 0.15) is 10.4 Å². The third kappa shape index (κ3) is 2.16. The van der Waals surface area contributed by atoms with Crippen LogP contribution in [0.5, 0.6) is 11.6 Å². The third-order valence-electron chi connectivity index (χ3n) is 3.48. The van der Waals surface area contributed by atoms with Gasteiger partial charge in [0.25, 0.3) is 0 Å². The van der Waals surface area contributed by atoms with E-state index in [9.17, 15) is 14.3 Å². The summed E-state index contributed by atoms with van der Waals surface area (Å²) in [6, 6.07) is 9.20. The Morgan fingerprint density at radius 1 is 1.27 bits per heavy atom. The van der Waals surface area contributed by atoms with Crippen LogP contribution in [0, 0.1) is 5.82 Å². The molecule has 5 heteroatoms. The summed E-state index contributed by atoms with van der Waals surface area (Å²) in [6.45, 7) is 0. The maximum absolute atomic E-state index is 13.5. The number of ether oxygens (including phenoxy) is 1. The molecule has 0 aliphatic heterocycles. The number of phenolic OH excluding ortho intramolecular Hbond substituents is 1. The predicted molar refractivity (Wildman–Crippen MR) is 80.7 cm³/mol. The van der Waals surface area contributed by atoms with Crippen LogP contribution in [0.4, 0.5) is 4.39 Å². The molecule has 1 aromatic heterocycles. The van der Waals surface area contributed by atoms with Gasteiger partial charge in [-0.2, -0.15) is 0 Å². The van der Waals surface area contributed by atoms with E-state index in [2.05, 4.69) is 4.98 Å². The van der Waals surface area contributed by atoms with Gasteiger partial charge in [-0.25, -0.2) is 9.37 Å². The van der Waals surface area contributed by atoms with Crippen molar-refractivity contribution in [1.82, 2.24) is 4.98 Å². The van der Waals surface area contributed by atoms with Crippen LogP contribution in [0.15, 0.2) is 42.6 Å². The second-order valence-electron chi connectivity index (χ2n) is 4.73. The van der Waals surface area contributed by atoms with Gasteiger partial charge < -0.3 is 9.84 Å². The molecule has 1 heterocycles. The van der Waals surface area contributed by atoms with Crippen molar-refractivity contribution in [2.45, 2.75) is 0 Å². The number of rotatable bonds is 3. The molecule has 0 unspecified atom stereocenters. The molecule has 0 saturated carbocycles. The van der Waals surface area contributed by atoms with Crippen molar-refractivity contribution in [2.75, 3.05) is 7.11 Å². The standard InChI is InChI=1S/C17H12FNO3/c1-22-17-12-3-2-4-15(21)16(12)13(8-19-17)10-5-6-14(18)11(7-10)9-20/h2-9,21H,1H3. The minimum absolute atomic E-state index is 0.0445. The molecule has 3 rings (SSSR count). The van der Waals surface area contributed by atoms with E-state index < -0.39 is 5.82 Å². The summed E-state index contributed by atoms with van der Waals surface area (Å²) in [6.07, 6.45) is 1.99. The van der Waals surface area contributed by atoms with Gasteiger partial charge in [-0.15, -0.1) is 0 Å². The lowest BCUT2D eigenvalue weighted by atomic mass is 9.98. The number of methoxy groups -OCH3 is 1. The molecule has 110 valence electrons. The summed E-state index contributed by atoms with van der Waals surface area (Å²) in [4.78, 5) is 15.1. The van der Waals surface area contributed by atoms with E-state index in [4.69, 9.17) is 4.74 Å². The first kappa shape index (κ1) is 14.0. The Bertz CT molecular complexity index is 877. The molecule has 3 aromatic rings. The summed E-state index contributed by atoms with van der Waals surface area (Å²) < 4.78 is 18.7. The molecule has 0 bridgehead atoms. The molecule has 22 heavy (non-hydrogen) atoms. The van der Waals surface area contributed by atoms with Crippen molar-refractivity contribution in [3.63, 3.8) is 0 Å². The van der Waals surface area contributed by atoms with Gasteiger partial charge in [0, 0.05) is 22.5 Å².